The highest BCUT2D eigenvalue weighted by atomic mass is 32.2. The average Bonchev–Trinajstić information content (AvgIpc) is 3.21. The fourth-order valence-electron chi connectivity index (χ4n) is 3.35. The second-order valence-electron chi connectivity index (χ2n) is 7.75. The van der Waals surface area contributed by atoms with E-state index in [0.717, 1.165) is 17.0 Å². The lowest BCUT2D eigenvalue weighted by molar-refractivity contribution is -0.113. The van der Waals surface area contributed by atoms with Crippen molar-refractivity contribution in [1.29, 1.82) is 0 Å². The Morgan fingerprint density at radius 2 is 1.82 bits per heavy atom. The Hall–Kier alpha value is -3.26. The van der Waals surface area contributed by atoms with E-state index in [1.165, 1.54) is 11.8 Å². The molecular formula is C25H30N4O3S. The van der Waals surface area contributed by atoms with Crippen molar-refractivity contribution in [2.45, 2.75) is 44.5 Å². The van der Waals surface area contributed by atoms with Crippen LogP contribution in [0.3, 0.4) is 0 Å². The third kappa shape index (κ3) is 6.38. The number of carbonyl (C=O) groups is 1. The van der Waals surface area contributed by atoms with E-state index >= 15 is 0 Å². The van der Waals surface area contributed by atoms with Crippen LogP contribution in [0.25, 0.3) is 0 Å². The fraction of sp³-hybridized carbons (Fsp3) is 0.320. The molecule has 0 aliphatic heterocycles. The number of hydrogen-bond acceptors (Lipinski definition) is 6. The first-order valence-electron chi connectivity index (χ1n) is 10.8. The molecule has 0 fully saturated rings. The van der Waals surface area contributed by atoms with Crippen molar-refractivity contribution in [1.82, 2.24) is 14.8 Å². The lowest BCUT2D eigenvalue weighted by Gasteiger charge is -2.16. The number of para-hydroxylation sites is 1. The minimum Gasteiger partial charge on any atom is -0.497 e. The van der Waals surface area contributed by atoms with Gasteiger partial charge in [0.1, 0.15) is 11.5 Å². The molecule has 3 aromatic rings. The van der Waals surface area contributed by atoms with E-state index in [4.69, 9.17) is 9.47 Å². The number of amides is 1. The number of aromatic nitrogens is 3. The van der Waals surface area contributed by atoms with Gasteiger partial charge >= 0.3 is 0 Å². The summed E-state index contributed by atoms with van der Waals surface area (Å²) in [5.74, 6) is 2.57. The van der Waals surface area contributed by atoms with E-state index in [1.807, 2.05) is 60.0 Å². The molecule has 1 unspecified atom stereocenters. The van der Waals surface area contributed by atoms with Gasteiger partial charge in [-0.25, -0.2) is 0 Å². The zero-order valence-corrected chi connectivity index (χ0v) is 20.3. The Morgan fingerprint density at radius 3 is 2.48 bits per heavy atom. The van der Waals surface area contributed by atoms with E-state index in [2.05, 4.69) is 35.9 Å². The van der Waals surface area contributed by atoms with Crippen molar-refractivity contribution in [2.24, 2.45) is 0 Å². The predicted octanol–water partition coefficient (Wildman–Crippen LogP) is 5.47. The maximum atomic E-state index is 12.6. The fourth-order valence-corrected chi connectivity index (χ4v) is 4.10. The molecule has 1 aromatic heterocycles. The summed E-state index contributed by atoms with van der Waals surface area (Å²) in [6.45, 7) is 10.5. The van der Waals surface area contributed by atoms with Crippen LogP contribution in [0.4, 0.5) is 5.69 Å². The molecule has 1 amide bonds. The van der Waals surface area contributed by atoms with Gasteiger partial charge in [0, 0.05) is 12.2 Å². The molecule has 3 rings (SSSR count). The molecule has 0 aliphatic rings. The van der Waals surface area contributed by atoms with Crippen LogP contribution in [-0.2, 0) is 11.3 Å². The molecule has 0 spiro atoms. The van der Waals surface area contributed by atoms with Crippen LogP contribution in [0.15, 0.2) is 66.3 Å². The summed E-state index contributed by atoms with van der Waals surface area (Å²) < 4.78 is 13.1. The predicted molar refractivity (Wildman–Crippen MR) is 132 cm³/mol. The number of hydrogen-bond donors (Lipinski definition) is 1. The number of ether oxygens (including phenoxy) is 2. The molecule has 8 heteroatoms. The summed E-state index contributed by atoms with van der Waals surface area (Å²) in [4.78, 5) is 12.6. The van der Waals surface area contributed by atoms with Gasteiger partial charge in [-0.3, -0.25) is 9.36 Å². The van der Waals surface area contributed by atoms with Crippen LogP contribution in [0, 0.1) is 0 Å². The number of methoxy groups -OCH3 is 1. The van der Waals surface area contributed by atoms with Gasteiger partial charge in [0.05, 0.1) is 12.9 Å². The van der Waals surface area contributed by atoms with Crippen molar-refractivity contribution in [3.05, 3.63) is 72.6 Å². The normalized spacial score (nSPS) is 11.8. The van der Waals surface area contributed by atoms with Gasteiger partial charge in [-0.2, -0.15) is 0 Å². The zero-order valence-electron chi connectivity index (χ0n) is 19.4. The Kier molecular flexibility index (Phi) is 8.54. The highest BCUT2D eigenvalue weighted by molar-refractivity contribution is 7.99. The molecule has 0 saturated heterocycles. The van der Waals surface area contributed by atoms with Crippen LogP contribution in [-0.4, -0.2) is 33.5 Å². The highest BCUT2D eigenvalue weighted by Crippen LogP contribution is 2.27. The summed E-state index contributed by atoms with van der Waals surface area (Å²) in [6.07, 6.45) is 1.43. The van der Waals surface area contributed by atoms with Crippen molar-refractivity contribution in [2.75, 3.05) is 18.2 Å². The first kappa shape index (κ1) is 24.4. The third-order valence-corrected chi connectivity index (χ3v) is 5.95. The van der Waals surface area contributed by atoms with Gasteiger partial charge in [0.25, 0.3) is 0 Å². The SMILES string of the molecule is C=CCn1c(SCC(=O)Nc2ccccc2C(C)C)nnc1C(C)Oc1ccc(OC)cc1. The number of carbonyl (C=O) groups excluding carboxylic acids is 1. The summed E-state index contributed by atoms with van der Waals surface area (Å²) in [7, 11) is 1.62. The highest BCUT2D eigenvalue weighted by Gasteiger charge is 2.20. The Morgan fingerprint density at radius 1 is 1.12 bits per heavy atom. The third-order valence-electron chi connectivity index (χ3n) is 4.98. The molecule has 7 nitrogen and oxygen atoms in total. The standard InChI is InChI=1S/C25H30N4O3S/c1-6-15-29-24(18(4)32-20-13-11-19(31-5)12-14-20)27-28-25(29)33-16-23(30)26-22-10-8-7-9-21(22)17(2)3/h6-14,17-18H,1,15-16H2,2-5H3,(H,26,30). The first-order valence-corrected chi connectivity index (χ1v) is 11.8. The summed E-state index contributed by atoms with van der Waals surface area (Å²) in [5, 5.41) is 12.3. The van der Waals surface area contributed by atoms with E-state index in [-0.39, 0.29) is 17.8 Å². The van der Waals surface area contributed by atoms with Crippen molar-refractivity contribution in [3.63, 3.8) is 0 Å². The van der Waals surface area contributed by atoms with Gasteiger partial charge in [-0.15, -0.1) is 16.8 Å². The average molecular weight is 467 g/mol. The van der Waals surface area contributed by atoms with Gasteiger partial charge in [-0.1, -0.05) is 49.9 Å². The quantitative estimate of drug-likeness (QED) is 0.298. The largest absolute Gasteiger partial charge is 0.497 e. The van der Waals surface area contributed by atoms with Gasteiger partial charge in [-0.05, 0) is 48.7 Å². The van der Waals surface area contributed by atoms with E-state index in [1.54, 1.807) is 13.2 Å². The van der Waals surface area contributed by atoms with Crippen molar-refractivity contribution < 1.29 is 14.3 Å². The van der Waals surface area contributed by atoms with Gasteiger partial charge in [0.15, 0.2) is 17.1 Å². The molecule has 0 radical (unpaired) electrons. The Bertz CT molecular complexity index is 1080. The minimum atomic E-state index is -0.341. The first-order chi connectivity index (χ1) is 15.9. The smallest absolute Gasteiger partial charge is 0.234 e. The number of benzene rings is 2. The van der Waals surface area contributed by atoms with Crippen LogP contribution >= 0.6 is 11.8 Å². The van der Waals surface area contributed by atoms with Crippen LogP contribution < -0.4 is 14.8 Å². The number of nitrogens with one attached hydrogen (secondary N) is 1. The molecule has 33 heavy (non-hydrogen) atoms. The number of thioether (sulfide) groups is 1. The number of anilines is 1. The van der Waals surface area contributed by atoms with Crippen LogP contribution in [0.5, 0.6) is 11.5 Å². The van der Waals surface area contributed by atoms with Crippen LogP contribution in [0.1, 0.15) is 44.2 Å². The second-order valence-corrected chi connectivity index (χ2v) is 8.70. The molecule has 0 bridgehead atoms. The second kappa shape index (κ2) is 11.6. The number of allylic oxidation sites excluding steroid dienone is 1. The number of nitrogens with zero attached hydrogens (tertiary/aromatic N) is 3. The van der Waals surface area contributed by atoms with Gasteiger partial charge in [0.2, 0.25) is 5.91 Å². The van der Waals surface area contributed by atoms with E-state index in [0.29, 0.717) is 29.2 Å². The molecule has 0 aliphatic carbocycles. The van der Waals surface area contributed by atoms with Crippen molar-refractivity contribution in [3.8, 4) is 11.5 Å². The van der Waals surface area contributed by atoms with E-state index in [9.17, 15) is 4.79 Å². The van der Waals surface area contributed by atoms with Crippen LogP contribution in [0.2, 0.25) is 0 Å². The number of rotatable bonds is 11. The summed E-state index contributed by atoms with van der Waals surface area (Å²) in [5.41, 5.74) is 1.95. The summed E-state index contributed by atoms with van der Waals surface area (Å²) in [6, 6.07) is 15.2. The molecule has 2 aromatic carbocycles. The van der Waals surface area contributed by atoms with E-state index < -0.39 is 0 Å². The molecule has 1 heterocycles. The molecule has 1 atom stereocenters. The monoisotopic (exact) mass is 466 g/mol. The topological polar surface area (TPSA) is 78.3 Å². The maximum Gasteiger partial charge on any atom is 0.234 e. The summed E-state index contributed by atoms with van der Waals surface area (Å²) >= 11 is 1.34. The zero-order chi connectivity index (χ0) is 23.8. The van der Waals surface area contributed by atoms with Gasteiger partial charge < -0.3 is 14.8 Å². The molecule has 1 N–H and O–H groups in total. The molecular weight excluding hydrogens is 436 g/mol. The molecule has 0 saturated carbocycles. The Balaban J connectivity index is 1.67. The maximum absolute atomic E-state index is 12.6. The molecule has 174 valence electrons. The lowest BCUT2D eigenvalue weighted by atomic mass is 10.0. The Labute approximate surface area is 199 Å². The van der Waals surface area contributed by atoms with Crippen molar-refractivity contribution >= 4 is 23.4 Å². The lowest BCUT2D eigenvalue weighted by Crippen LogP contribution is -2.16. The minimum absolute atomic E-state index is 0.0923.